The molecule has 0 aromatic rings. The second kappa shape index (κ2) is 4.68. The second-order valence-corrected chi connectivity index (χ2v) is 5.19. The van der Waals surface area contributed by atoms with Crippen molar-refractivity contribution in [2.24, 2.45) is 23.6 Å². The molecule has 1 saturated heterocycles. The number of amides is 3. The quantitative estimate of drug-likeness (QED) is 0.315. The van der Waals surface area contributed by atoms with Crippen LogP contribution < -0.4 is 11.3 Å². The number of carbonyl (C=O) groups excluding carboxylic acids is 3. The molecule has 6 heteroatoms. The fourth-order valence-corrected chi connectivity index (χ4v) is 3.11. The number of nitrogens with one attached hydrogen (secondary N) is 1. The first kappa shape index (κ1) is 13.0. The van der Waals surface area contributed by atoms with E-state index in [4.69, 9.17) is 5.84 Å². The smallest absolute Gasteiger partial charge is 0.256 e. The maximum Gasteiger partial charge on any atom is 0.256 e. The van der Waals surface area contributed by atoms with E-state index in [1.54, 1.807) is 0 Å². The zero-order valence-corrected chi connectivity index (χ0v) is 10.7. The minimum atomic E-state index is -0.819. The van der Waals surface area contributed by atoms with E-state index in [2.05, 4.69) is 6.92 Å². The average Bonchev–Trinajstić information content (AvgIpc) is 2.89. The van der Waals surface area contributed by atoms with Gasteiger partial charge in [0, 0.05) is 0 Å². The molecule has 0 radical (unpaired) electrons. The van der Waals surface area contributed by atoms with Gasteiger partial charge in [-0.25, -0.2) is 5.84 Å². The van der Waals surface area contributed by atoms with Crippen LogP contribution in [0.2, 0.25) is 0 Å². The SMILES string of the molecule is CCC1CC2C(=O)N(C(C)C(=O)NN)C(=O)C2C1. The number of rotatable bonds is 3. The molecule has 2 aliphatic rings. The van der Waals surface area contributed by atoms with E-state index in [1.807, 2.05) is 5.43 Å². The lowest BCUT2D eigenvalue weighted by molar-refractivity contribution is -0.147. The lowest BCUT2D eigenvalue weighted by Gasteiger charge is -2.22. The molecule has 100 valence electrons. The molecule has 0 aromatic heterocycles. The van der Waals surface area contributed by atoms with Crippen LogP contribution in [-0.2, 0) is 14.4 Å². The Bertz CT molecular complexity index is 372. The van der Waals surface area contributed by atoms with E-state index in [-0.39, 0.29) is 23.7 Å². The summed E-state index contributed by atoms with van der Waals surface area (Å²) in [5.41, 5.74) is 1.98. The van der Waals surface area contributed by atoms with Gasteiger partial charge in [0.2, 0.25) is 11.8 Å². The van der Waals surface area contributed by atoms with Crippen LogP contribution in [-0.4, -0.2) is 28.7 Å². The van der Waals surface area contributed by atoms with E-state index in [0.29, 0.717) is 5.92 Å². The number of nitrogens with two attached hydrogens (primary N) is 1. The molecule has 3 unspecified atom stereocenters. The molecule has 1 aliphatic heterocycles. The fraction of sp³-hybridized carbons (Fsp3) is 0.750. The highest BCUT2D eigenvalue weighted by atomic mass is 16.2. The highest BCUT2D eigenvalue weighted by molar-refractivity contribution is 6.08. The normalized spacial score (nSPS) is 32.6. The van der Waals surface area contributed by atoms with Gasteiger partial charge < -0.3 is 0 Å². The van der Waals surface area contributed by atoms with Crippen molar-refractivity contribution in [1.82, 2.24) is 10.3 Å². The largest absolute Gasteiger partial charge is 0.292 e. The highest BCUT2D eigenvalue weighted by Gasteiger charge is 2.54. The Morgan fingerprint density at radius 1 is 1.39 bits per heavy atom. The average molecular weight is 253 g/mol. The van der Waals surface area contributed by atoms with Crippen molar-refractivity contribution < 1.29 is 14.4 Å². The monoisotopic (exact) mass is 253 g/mol. The van der Waals surface area contributed by atoms with Crippen LogP contribution in [0.4, 0.5) is 0 Å². The summed E-state index contributed by atoms with van der Waals surface area (Å²) in [7, 11) is 0. The maximum absolute atomic E-state index is 12.2. The highest BCUT2D eigenvalue weighted by Crippen LogP contribution is 2.44. The zero-order valence-electron chi connectivity index (χ0n) is 10.7. The number of hydrogen-bond donors (Lipinski definition) is 2. The predicted molar refractivity (Wildman–Crippen MR) is 63.6 cm³/mol. The predicted octanol–water partition coefficient (Wildman–Crippen LogP) is -0.214. The standard InChI is InChI=1S/C12H19N3O3/c1-3-7-4-8-9(5-7)12(18)15(11(8)17)6(2)10(16)14-13/h6-9H,3-5,13H2,1-2H3,(H,14,16). The van der Waals surface area contributed by atoms with Gasteiger partial charge in [-0.05, 0) is 25.7 Å². The van der Waals surface area contributed by atoms with Crippen LogP contribution in [0.1, 0.15) is 33.1 Å². The number of nitrogens with zero attached hydrogens (tertiary/aromatic N) is 1. The summed E-state index contributed by atoms with van der Waals surface area (Å²) in [6.45, 7) is 3.60. The van der Waals surface area contributed by atoms with Gasteiger partial charge in [-0.2, -0.15) is 0 Å². The summed E-state index contributed by atoms with van der Waals surface area (Å²) in [4.78, 5) is 36.9. The van der Waals surface area contributed by atoms with Gasteiger partial charge in [-0.15, -0.1) is 0 Å². The lowest BCUT2D eigenvalue weighted by Crippen LogP contribution is -2.50. The summed E-state index contributed by atoms with van der Waals surface area (Å²) in [6.07, 6.45) is 2.52. The van der Waals surface area contributed by atoms with Gasteiger partial charge in [0.05, 0.1) is 11.8 Å². The van der Waals surface area contributed by atoms with Crippen LogP contribution in [0.3, 0.4) is 0 Å². The van der Waals surface area contributed by atoms with E-state index < -0.39 is 11.9 Å². The molecule has 0 bridgehead atoms. The molecule has 3 amide bonds. The van der Waals surface area contributed by atoms with Crippen molar-refractivity contribution in [3.05, 3.63) is 0 Å². The van der Waals surface area contributed by atoms with Crippen molar-refractivity contribution in [3.63, 3.8) is 0 Å². The molecular formula is C12H19N3O3. The first-order chi connectivity index (χ1) is 8.51. The third-order valence-electron chi connectivity index (χ3n) is 4.26. The number of carbonyl (C=O) groups is 3. The van der Waals surface area contributed by atoms with Crippen molar-refractivity contribution in [2.45, 2.75) is 39.2 Å². The van der Waals surface area contributed by atoms with Crippen LogP contribution in [0.25, 0.3) is 0 Å². The molecule has 1 saturated carbocycles. The Labute approximate surface area is 106 Å². The third kappa shape index (κ3) is 1.80. The molecule has 3 N–H and O–H groups in total. The number of hydrazine groups is 1. The summed E-state index contributed by atoms with van der Waals surface area (Å²) >= 11 is 0. The Balaban J connectivity index is 2.17. The van der Waals surface area contributed by atoms with Crippen LogP contribution in [0, 0.1) is 17.8 Å². The van der Waals surface area contributed by atoms with E-state index in [0.717, 1.165) is 24.2 Å². The third-order valence-corrected chi connectivity index (χ3v) is 4.26. The van der Waals surface area contributed by atoms with Crippen molar-refractivity contribution in [1.29, 1.82) is 0 Å². The molecule has 2 fully saturated rings. The number of fused-ring (bicyclic) bond motifs is 1. The first-order valence-electron chi connectivity index (χ1n) is 6.38. The van der Waals surface area contributed by atoms with Crippen molar-refractivity contribution in [2.75, 3.05) is 0 Å². The lowest BCUT2D eigenvalue weighted by atomic mass is 10.00. The Hall–Kier alpha value is -1.43. The first-order valence-corrected chi connectivity index (χ1v) is 6.38. The number of hydrogen-bond acceptors (Lipinski definition) is 4. The molecule has 18 heavy (non-hydrogen) atoms. The molecule has 0 aromatic carbocycles. The van der Waals surface area contributed by atoms with Crippen molar-refractivity contribution >= 4 is 17.7 Å². The topological polar surface area (TPSA) is 92.5 Å². The Morgan fingerprint density at radius 3 is 2.28 bits per heavy atom. The van der Waals surface area contributed by atoms with Crippen LogP contribution >= 0.6 is 0 Å². The van der Waals surface area contributed by atoms with E-state index >= 15 is 0 Å². The van der Waals surface area contributed by atoms with Gasteiger partial charge in [-0.3, -0.25) is 24.7 Å². The Kier molecular flexibility index (Phi) is 3.38. The summed E-state index contributed by atoms with van der Waals surface area (Å²) in [5.74, 6) is 4.11. The van der Waals surface area contributed by atoms with Gasteiger partial charge in [0.25, 0.3) is 5.91 Å². The molecule has 1 heterocycles. The molecule has 0 spiro atoms. The summed E-state index contributed by atoms with van der Waals surface area (Å²) in [5, 5.41) is 0. The number of imide groups is 1. The maximum atomic E-state index is 12.2. The van der Waals surface area contributed by atoms with E-state index in [1.165, 1.54) is 6.92 Å². The van der Waals surface area contributed by atoms with Crippen molar-refractivity contribution in [3.8, 4) is 0 Å². The zero-order chi connectivity index (χ0) is 13.4. The Morgan fingerprint density at radius 2 is 1.89 bits per heavy atom. The number of likely N-dealkylation sites (tertiary alicyclic amines) is 1. The molecule has 6 nitrogen and oxygen atoms in total. The summed E-state index contributed by atoms with van der Waals surface area (Å²) in [6, 6.07) is -0.819. The fourth-order valence-electron chi connectivity index (χ4n) is 3.11. The van der Waals surface area contributed by atoms with Gasteiger partial charge >= 0.3 is 0 Å². The molecular weight excluding hydrogens is 234 g/mol. The molecule has 1 aliphatic carbocycles. The second-order valence-electron chi connectivity index (χ2n) is 5.19. The van der Waals surface area contributed by atoms with Crippen LogP contribution in [0.15, 0.2) is 0 Å². The van der Waals surface area contributed by atoms with Crippen LogP contribution in [0.5, 0.6) is 0 Å². The molecule has 2 rings (SSSR count). The van der Waals surface area contributed by atoms with Gasteiger partial charge in [0.1, 0.15) is 6.04 Å². The van der Waals surface area contributed by atoms with E-state index in [9.17, 15) is 14.4 Å². The van der Waals surface area contributed by atoms with Gasteiger partial charge in [0.15, 0.2) is 0 Å². The molecule has 3 atom stereocenters. The minimum absolute atomic E-state index is 0.211. The minimum Gasteiger partial charge on any atom is -0.292 e. The summed E-state index contributed by atoms with van der Waals surface area (Å²) < 4.78 is 0. The van der Waals surface area contributed by atoms with Gasteiger partial charge in [-0.1, -0.05) is 13.3 Å².